The molecule has 1 fully saturated rings. The molecule has 0 unspecified atom stereocenters. The molecule has 80 valence electrons. The van der Waals surface area contributed by atoms with E-state index in [-0.39, 0.29) is 11.9 Å². The van der Waals surface area contributed by atoms with Crippen molar-refractivity contribution >= 4 is 5.97 Å². The molecule has 14 heavy (non-hydrogen) atoms. The lowest BCUT2D eigenvalue weighted by atomic mass is 9.95. The minimum Gasteiger partial charge on any atom is -0.430 e. The molecule has 0 N–H and O–H groups in total. The number of hydrogen-bond donors (Lipinski definition) is 0. The van der Waals surface area contributed by atoms with Gasteiger partial charge < -0.3 is 4.74 Å². The molecule has 1 rings (SSSR count). The molecule has 2 heteroatoms. The second-order valence-electron chi connectivity index (χ2n) is 3.86. The summed E-state index contributed by atoms with van der Waals surface area (Å²) < 4.78 is 5.02. The monoisotopic (exact) mass is 196 g/mol. The van der Waals surface area contributed by atoms with Gasteiger partial charge in [0.1, 0.15) is 11.7 Å². The molecule has 0 radical (unpaired) electrons. The predicted molar refractivity (Wildman–Crippen MR) is 56.7 cm³/mol. The van der Waals surface area contributed by atoms with Crippen LogP contribution in [-0.2, 0) is 9.53 Å². The van der Waals surface area contributed by atoms with Crippen molar-refractivity contribution in [3.05, 3.63) is 11.8 Å². The minimum atomic E-state index is -0.0267. The van der Waals surface area contributed by atoms with Crippen LogP contribution in [0.25, 0.3) is 0 Å². The SMILES string of the molecule is CCCCC=C1OC(=O)[C@H]1CCCC. The van der Waals surface area contributed by atoms with E-state index >= 15 is 0 Å². The molecule has 0 spiro atoms. The average Bonchev–Trinajstić information content (AvgIpc) is 2.17. The van der Waals surface area contributed by atoms with Crippen LogP contribution in [0, 0.1) is 5.92 Å². The Morgan fingerprint density at radius 2 is 2.00 bits per heavy atom. The first-order valence-electron chi connectivity index (χ1n) is 5.71. The van der Waals surface area contributed by atoms with Gasteiger partial charge in [0.25, 0.3) is 0 Å². The summed E-state index contributed by atoms with van der Waals surface area (Å²) in [6.45, 7) is 4.31. The largest absolute Gasteiger partial charge is 0.430 e. The van der Waals surface area contributed by atoms with E-state index in [2.05, 4.69) is 19.9 Å². The van der Waals surface area contributed by atoms with Crippen molar-refractivity contribution in [1.29, 1.82) is 0 Å². The summed E-state index contributed by atoms with van der Waals surface area (Å²) >= 11 is 0. The topological polar surface area (TPSA) is 26.3 Å². The highest BCUT2D eigenvalue weighted by Gasteiger charge is 2.36. The molecule has 0 aromatic heterocycles. The van der Waals surface area contributed by atoms with E-state index in [9.17, 15) is 4.79 Å². The molecule has 1 heterocycles. The molecular weight excluding hydrogens is 176 g/mol. The van der Waals surface area contributed by atoms with Gasteiger partial charge >= 0.3 is 5.97 Å². The van der Waals surface area contributed by atoms with E-state index in [0.29, 0.717) is 0 Å². The number of rotatable bonds is 6. The van der Waals surface area contributed by atoms with Gasteiger partial charge in [-0.05, 0) is 25.3 Å². The van der Waals surface area contributed by atoms with E-state index in [0.717, 1.165) is 31.4 Å². The molecule has 0 aromatic rings. The van der Waals surface area contributed by atoms with E-state index in [1.165, 1.54) is 12.8 Å². The molecule has 1 aliphatic heterocycles. The Bertz CT molecular complexity index is 218. The van der Waals surface area contributed by atoms with Gasteiger partial charge in [-0.3, -0.25) is 4.79 Å². The molecule has 0 aliphatic carbocycles. The van der Waals surface area contributed by atoms with Crippen LogP contribution in [-0.4, -0.2) is 5.97 Å². The van der Waals surface area contributed by atoms with Gasteiger partial charge in [-0.1, -0.05) is 33.1 Å². The molecule has 2 nitrogen and oxygen atoms in total. The van der Waals surface area contributed by atoms with Crippen molar-refractivity contribution in [2.24, 2.45) is 5.92 Å². The van der Waals surface area contributed by atoms with Crippen molar-refractivity contribution in [1.82, 2.24) is 0 Å². The summed E-state index contributed by atoms with van der Waals surface area (Å²) in [6, 6.07) is 0. The molecule has 1 aliphatic rings. The summed E-state index contributed by atoms with van der Waals surface area (Å²) in [5, 5.41) is 0. The number of hydrogen-bond acceptors (Lipinski definition) is 2. The zero-order valence-corrected chi connectivity index (χ0v) is 9.21. The van der Waals surface area contributed by atoms with Gasteiger partial charge in [0.05, 0.1) is 0 Å². The van der Waals surface area contributed by atoms with Gasteiger partial charge in [-0.25, -0.2) is 0 Å². The third-order valence-electron chi connectivity index (χ3n) is 2.60. The quantitative estimate of drug-likeness (QED) is 0.480. The molecule has 1 saturated heterocycles. The Kier molecular flexibility index (Phi) is 4.71. The van der Waals surface area contributed by atoms with Crippen LogP contribution in [0.3, 0.4) is 0 Å². The fraction of sp³-hybridized carbons (Fsp3) is 0.750. The lowest BCUT2D eigenvalue weighted by molar-refractivity contribution is -0.157. The zero-order chi connectivity index (χ0) is 10.4. The number of allylic oxidation sites excluding steroid dienone is 1. The van der Waals surface area contributed by atoms with Crippen LogP contribution in [0.2, 0.25) is 0 Å². The van der Waals surface area contributed by atoms with Crippen LogP contribution < -0.4 is 0 Å². The molecule has 0 aromatic carbocycles. The zero-order valence-electron chi connectivity index (χ0n) is 9.21. The highest BCUT2D eigenvalue weighted by molar-refractivity contribution is 5.82. The second-order valence-corrected chi connectivity index (χ2v) is 3.86. The highest BCUT2D eigenvalue weighted by atomic mass is 16.6. The number of unbranched alkanes of at least 4 members (excludes halogenated alkanes) is 3. The lowest BCUT2D eigenvalue weighted by Gasteiger charge is -2.27. The number of ether oxygens (including phenoxy) is 1. The number of esters is 1. The lowest BCUT2D eigenvalue weighted by Crippen LogP contribution is -2.32. The highest BCUT2D eigenvalue weighted by Crippen LogP contribution is 2.31. The molecular formula is C12H20O2. The van der Waals surface area contributed by atoms with Gasteiger partial charge in [0, 0.05) is 0 Å². The molecule has 1 atom stereocenters. The van der Waals surface area contributed by atoms with E-state index in [1.807, 2.05) is 0 Å². The van der Waals surface area contributed by atoms with Gasteiger partial charge in [-0.2, -0.15) is 0 Å². The van der Waals surface area contributed by atoms with Crippen molar-refractivity contribution < 1.29 is 9.53 Å². The van der Waals surface area contributed by atoms with Gasteiger partial charge in [-0.15, -0.1) is 0 Å². The average molecular weight is 196 g/mol. The van der Waals surface area contributed by atoms with Crippen molar-refractivity contribution in [2.45, 2.75) is 52.4 Å². The Labute approximate surface area is 86.3 Å². The Morgan fingerprint density at radius 3 is 2.57 bits per heavy atom. The predicted octanol–water partition coefficient (Wildman–Crippen LogP) is 3.42. The summed E-state index contributed by atoms with van der Waals surface area (Å²) in [5.41, 5.74) is 0. The Morgan fingerprint density at radius 1 is 1.29 bits per heavy atom. The van der Waals surface area contributed by atoms with E-state index in [4.69, 9.17) is 4.74 Å². The Balaban J connectivity index is 2.31. The first-order valence-corrected chi connectivity index (χ1v) is 5.71. The summed E-state index contributed by atoms with van der Waals surface area (Å²) in [5.74, 6) is 0.991. The maximum Gasteiger partial charge on any atom is 0.321 e. The number of cyclic esters (lactones) is 1. The third kappa shape index (κ3) is 2.86. The molecule has 0 amide bonds. The van der Waals surface area contributed by atoms with Gasteiger partial charge in [0.15, 0.2) is 0 Å². The standard InChI is InChI=1S/C12H20O2/c1-3-5-7-9-11-10(8-6-4-2)12(13)14-11/h9-10H,3-8H2,1-2H3/t10-/m0/s1. The summed E-state index contributed by atoms with van der Waals surface area (Å²) in [7, 11) is 0. The second kappa shape index (κ2) is 5.84. The van der Waals surface area contributed by atoms with Gasteiger partial charge in [0.2, 0.25) is 0 Å². The van der Waals surface area contributed by atoms with Crippen LogP contribution in [0.1, 0.15) is 52.4 Å². The van der Waals surface area contributed by atoms with Crippen LogP contribution in [0.4, 0.5) is 0 Å². The first kappa shape index (κ1) is 11.3. The maximum atomic E-state index is 11.1. The van der Waals surface area contributed by atoms with Crippen molar-refractivity contribution in [2.75, 3.05) is 0 Å². The minimum absolute atomic E-state index is 0.0267. The summed E-state index contributed by atoms with van der Waals surface area (Å²) in [4.78, 5) is 11.1. The Hall–Kier alpha value is -0.790. The van der Waals surface area contributed by atoms with Crippen molar-refractivity contribution in [3.8, 4) is 0 Å². The fourth-order valence-electron chi connectivity index (χ4n) is 1.62. The van der Waals surface area contributed by atoms with E-state index < -0.39 is 0 Å². The third-order valence-corrected chi connectivity index (χ3v) is 2.60. The molecule has 0 bridgehead atoms. The van der Waals surface area contributed by atoms with Crippen molar-refractivity contribution in [3.63, 3.8) is 0 Å². The normalized spacial score (nSPS) is 23.4. The fourth-order valence-corrected chi connectivity index (χ4v) is 1.62. The first-order chi connectivity index (χ1) is 6.79. The number of carbonyl (C=O) groups excluding carboxylic acids is 1. The van der Waals surface area contributed by atoms with Crippen LogP contribution >= 0.6 is 0 Å². The van der Waals surface area contributed by atoms with E-state index in [1.54, 1.807) is 0 Å². The molecule has 0 saturated carbocycles. The van der Waals surface area contributed by atoms with Crippen LogP contribution in [0.15, 0.2) is 11.8 Å². The number of carbonyl (C=O) groups is 1. The summed E-state index contributed by atoms with van der Waals surface area (Å²) in [6.07, 6.45) is 8.73. The smallest absolute Gasteiger partial charge is 0.321 e. The maximum absolute atomic E-state index is 11.1. The van der Waals surface area contributed by atoms with Crippen LogP contribution in [0.5, 0.6) is 0 Å².